The summed E-state index contributed by atoms with van der Waals surface area (Å²) >= 11 is 0. The van der Waals surface area contributed by atoms with E-state index in [1.54, 1.807) is 26.6 Å². The maximum atomic E-state index is 5.86. The van der Waals surface area contributed by atoms with E-state index < -0.39 is 0 Å². The average molecular weight is 474 g/mol. The Morgan fingerprint density at radius 3 is 2.57 bits per heavy atom. The van der Waals surface area contributed by atoms with Gasteiger partial charge in [0.1, 0.15) is 12.4 Å². The van der Waals surface area contributed by atoms with E-state index in [1.165, 1.54) is 0 Å². The van der Waals surface area contributed by atoms with E-state index in [0.29, 0.717) is 23.8 Å². The highest BCUT2D eigenvalue weighted by atomic mass is 16.5. The number of pyridine rings is 4. The Morgan fingerprint density at radius 1 is 0.914 bits per heavy atom. The van der Waals surface area contributed by atoms with Crippen molar-refractivity contribution in [1.82, 2.24) is 19.9 Å². The van der Waals surface area contributed by atoms with Crippen molar-refractivity contribution in [2.45, 2.75) is 13.0 Å². The monoisotopic (exact) mass is 473 g/mol. The summed E-state index contributed by atoms with van der Waals surface area (Å²) in [6.07, 6.45) is 7.85. The minimum absolute atomic E-state index is 0.275. The van der Waals surface area contributed by atoms with Crippen LogP contribution in [-0.2, 0) is 17.8 Å². The molecular weight excluding hydrogens is 446 g/mol. The maximum Gasteiger partial charge on any atom is 0.257 e. The third kappa shape index (κ3) is 5.25. The van der Waals surface area contributed by atoms with E-state index in [0.717, 1.165) is 59.8 Å². The van der Waals surface area contributed by atoms with Crippen LogP contribution in [0.5, 0.6) is 17.4 Å². The Balaban J connectivity index is 1.32. The Hall–Kier alpha value is -3.98. The van der Waals surface area contributed by atoms with Crippen molar-refractivity contribution in [3.8, 4) is 17.4 Å². The van der Waals surface area contributed by atoms with Gasteiger partial charge in [-0.2, -0.15) is 0 Å². The van der Waals surface area contributed by atoms with Gasteiger partial charge in [0.2, 0.25) is 0 Å². The molecule has 9 heteroatoms. The molecule has 9 nitrogen and oxygen atoms in total. The topological polar surface area (TPSA) is 91.7 Å². The molecule has 0 amide bonds. The number of rotatable bonds is 8. The number of anilines is 1. The van der Waals surface area contributed by atoms with Gasteiger partial charge < -0.3 is 23.8 Å². The molecule has 0 aromatic carbocycles. The lowest BCUT2D eigenvalue weighted by molar-refractivity contribution is 0.122. The van der Waals surface area contributed by atoms with Crippen LogP contribution < -0.4 is 19.1 Å². The number of aromatic nitrogens is 4. The van der Waals surface area contributed by atoms with Crippen LogP contribution in [0.25, 0.3) is 11.0 Å². The summed E-state index contributed by atoms with van der Waals surface area (Å²) in [5.74, 6) is 1.68. The first-order valence-corrected chi connectivity index (χ1v) is 11.4. The fourth-order valence-electron chi connectivity index (χ4n) is 4.02. The molecule has 5 rings (SSSR count). The number of hydrogen-bond donors (Lipinski definition) is 0. The molecular formula is C26H27N5O4. The van der Waals surface area contributed by atoms with Crippen LogP contribution in [0.2, 0.25) is 0 Å². The lowest BCUT2D eigenvalue weighted by Gasteiger charge is -2.28. The summed E-state index contributed by atoms with van der Waals surface area (Å²) in [5, 5.41) is 0. The molecule has 0 spiro atoms. The van der Waals surface area contributed by atoms with E-state index >= 15 is 0 Å². The molecule has 0 unspecified atom stereocenters. The van der Waals surface area contributed by atoms with Gasteiger partial charge in [0.05, 0.1) is 62.2 Å². The van der Waals surface area contributed by atoms with Gasteiger partial charge in [-0.25, -0.2) is 4.98 Å². The summed E-state index contributed by atoms with van der Waals surface area (Å²) < 4.78 is 22.0. The smallest absolute Gasteiger partial charge is 0.257 e. The van der Waals surface area contributed by atoms with Crippen LogP contribution in [0, 0.1) is 0 Å². The highest BCUT2D eigenvalue weighted by Crippen LogP contribution is 2.28. The molecule has 0 N–H and O–H groups in total. The van der Waals surface area contributed by atoms with Gasteiger partial charge in [0.15, 0.2) is 5.75 Å². The average Bonchev–Trinajstić information content (AvgIpc) is 2.93. The Kier molecular flexibility index (Phi) is 6.85. The van der Waals surface area contributed by atoms with Crippen molar-refractivity contribution >= 4 is 16.7 Å². The molecule has 1 aliphatic heterocycles. The summed E-state index contributed by atoms with van der Waals surface area (Å²) in [5.41, 5.74) is 5.66. The molecule has 0 bridgehead atoms. The largest absolute Gasteiger partial charge is 0.495 e. The second-order valence-electron chi connectivity index (χ2n) is 8.14. The van der Waals surface area contributed by atoms with Crippen LogP contribution >= 0.6 is 0 Å². The van der Waals surface area contributed by atoms with Crippen molar-refractivity contribution in [3.63, 3.8) is 0 Å². The summed E-state index contributed by atoms with van der Waals surface area (Å²) in [4.78, 5) is 20.4. The molecule has 4 aromatic rings. The molecule has 1 saturated heterocycles. The zero-order valence-electron chi connectivity index (χ0n) is 19.8. The van der Waals surface area contributed by atoms with Crippen molar-refractivity contribution in [1.29, 1.82) is 0 Å². The first kappa shape index (κ1) is 22.8. The first-order valence-electron chi connectivity index (χ1n) is 11.4. The number of nitrogens with zero attached hydrogens (tertiary/aromatic N) is 5. The number of hydrogen-bond acceptors (Lipinski definition) is 9. The number of ether oxygens (including phenoxy) is 4. The van der Waals surface area contributed by atoms with E-state index in [-0.39, 0.29) is 6.61 Å². The zero-order valence-corrected chi connectivity index (χ0v) is 19.8. The Bertz CT molecular complexity index is 1290. The van der Waals surface area contributed by atoms with Crippen molar-refractivity contribution in [2.75, 3.05) is 45.4 Å². The first-order chi connectivity index (χ1) is 17.2. The summed E-state index contributed by atoms with van der Waals surface area (Å²) in [6.45, 7) is 3.47. The molecule has 35 heavy (non-hydrogen) atoms. The molecule has 1 fully saturated rings. The van der Waals surface area contributed by atoms with Crippen LogP contribution in [-0.4, -0.2) is 60.5 Å². The fourth-order valence-corrected chi connectivity index (χ4v) is 4.02. The normalized spacial score (nSPS) is 13.6. The number of morpholine rings is 1. The van der Waals surface area contributed by atoms with E-state index in [9.17, 15) is 0 Å². The molecule has 4 aromatic heterocycles. The molecule has 0 atom stereocenters. The molecule has 1 aliphatic rings. The van der Waals surface area contributed by atoms with Gasteiger partial charge in [-0.3, -0.25) is 15.0 Å². The van der Waals surface area contributed by atoms with E-state index in [1.807, 2.05) is 36.7 Å². The predicted octanol–water partition coefficient (Wildman–Crippen LogP) is 3.44. The van der Waals surface area contributed by atoms with Crippen LogP contribution in [0.15, 0.2) is 55.1 Å². The number of fused-ring (bicyclic) bond motifs is 1. The molecule has 0 saturated carbocycles. The van der Waals surface area contributed by atoms with Crippen molar-refractivity contribution in [2.24, 2.45) is 0 Å². The quantitative estimate of drug-likeness (QED) is 0.382. The number of methoxy groups -OCH3 is 2. The summed E-state index contributed by atoms with van der Waals surface area (Å²) in [7, 11) is 3.22. The van der Waals surface area contributed by atoms with Gasteiger partial charge in [-0.1, -0.05) is 0 Å². The minimum Gasteiger partial charge on any atom is -0.495 e. The summed E-state index contributed by atoms with van der Waals surface area (Å²) in [6, 6.07) is 9.73. The van der Waals surface area contributed by atoms with Gasteiger partial charge in [-0.05, 0) is 41.5 Å². The third-order valence-corrected chi connectivity index (χ3v) is 5.90. The molecule has 5 heterocycles. The predicted molar refractivity (Wildman–Crippen MR) is 131 cm³/mol. The standard InChI is InChI=1S/C26H27N5O4/c1-32-22-4-3-20(28-16-22)17-35-26-24(33-2)12-18(14-30-26)11-19-5-6-27-23-13-21(15-29-25(19)23)31-7-9-34-10-8-31/h3-6,12-16H,7-11,17H2,1-2H3. The minimum atomic E-state index is 0.275. The van der Waals surface area contributed by atoms with Crippen molar-refractivity contribution < 1.29 is 18.9 Å². The second-order valence-corrected chi connectivity index (χ2v) is 8.14. The molecule has 0 radical (unpaired) electrons. The van der Waals surface area contributed by atoms with Crippen LogP contribution in [0.1, 0.15) is 16.8 Å². The highest BCUT2D eigenvalue weighted by Gasteiger charge is 2.15. The third-order valence-electron chi connectivity index (χ3n) is 5.90. The lowest BCUT2D eigenvalue weighted by Crippen LogP contribution is -2.36. The van der Waals surface area contributed by atoms with Gasteiger partial charge >= 0.3 is 0 Å². The second kappa shape index (κ2) is 10.5. The maximum absolute atomic E-state index is 5.86. The van der Waals surface area contributed by atoms with E-state index in [2.05, 4.69) is 25.9 Å². The Labute approximate surface area is 203 Å². The van der Waals surface area contributed by atoms with Crippen LogP contribution in [0.4, 0.5) is 5.69 Å². The van der Waals surface area contributed by atoms with Gasteiger partial charge in [0.25, 0.3) is 5.88 Å². The lowest BCUT2D eigenvalue weighted by atomic mass is 10.1. The molecule has 0 aliphatic carbocycles. The molecule has 180 valence electrons. The van der Waals surface area contributed by atoms with Gasteiger partial charge in [-0.15, -0.1) is 0 Å². The fraction of sp³-hybridized carbons (Fsp3) is 0.308. The SMILES string of the molecule is COc1ccc(COc2ncc(Cc3ccnc4cc(N5CCOCC5)cnc34)cc2OC)nc1. The highest BCUT2D eigenvalue weighted by molar-refractivity contribution is 5.81. The zero-order chi connectivity index (χ0) is 24.0. The van der Waals surface area contributed by atoms with Crippen molar-refractivity contribution in [3.05, 3.63) is 71.9 Å². The Morgan fingerprint density at radius 2 is 1.80 bits per heavy atom. The van der Waals surface area contributed by atoms with Gasteiger partial charge in [0, 0.05) is 31.9 Å². The van der Waals surface area contributed by atoms with Crippen LogP contribution in [0.3, 0.4) is 0 Å². The van der Waals surface area contributed by atoms with E-state index in [4.69, 9.17) is 23.9 Å².